The van der Waals surface area contributed by atoms with Crippen LogP contribution in [0.4, 0.5) is 0 Å². The summed E-state index contributed by atoms with van der Waals surface area (Å²) in [5.74, 6) is 0.771. The summed E-state index contributed by atoms with van der Waals surface area (Å²) in [5, 5.41) is 0.374. The lowest BCUT2D eigenvalue weighted by Crippen LogP contribution is -2.33. The van der Waals surface area contributed by atoms with Crippen molar-refractivity contribution in [2.75, 3.05) is 20.7 Å². The fraction of sp³-hybridized carbons (Fsp3) is 0.294. The molecule has 0 saturated carbocycles. The molecule has 0 aliphatic carbocycles. The highest BCUT2D eigenvalue weighted by atomic mass is 35.5. The summed E-state index contributed by atoms with van der Waals surface area (Å²) < 4.78 is 7.22. The topological polar surface area (TPSA) is 47.4 Å². The van der Waals surface area contributed by atoms with Crippen LogP contribution in [0.15, 0.2) is 36.2 Å². The highest BCUT2D eigenvalue weighted by Gasteiger charge is 2.19. The van der Waals surface area contributed by atoms with Crippen LogP contribution < -0.4 is 4.74 Å². The van der Waals surface area contributed by atoms with Crippen molar-refractivity contribution in [3.8, 4) is 11.4 Å². The van der Waals surface area contributed by atoms with E-state index in [1.165, 1.54) is 0 Å². The van der Waals surface area contributed by atoms with E-state index < -0.39 is 0 Å². The van der Waals surface area contributed by atoms with Crippen LogP contribution >= 0.6 is 11.6 Å². The summed E-state index contributed by atoms with van der Waals surface area (Å²) in [4.78, 5) is 17.9. The monoisotopic (exact) mass is 331 g/mol. The summed E-state index contributed by atoms with van der Waals surface area (Å²) in [5.41, 5.74) is 2.57. The van der Waals surface area contributed by atoms with Gasteiger partial charge in [-0.05, 0) is 48.2 Å². The molecule has 2 aromatic rings. The molecule has 1 aliphatic heterocycles. The molecule has 1 aromatic carbocycles. The van der Waals surface area contributed by atoms with Gasteiger partial charge in [-0.2, -0.15) is 0 Å². The smallest absolute Gasteiger partial charge is 0.249 e. The molecular weight excluding hydrogens is 314 g/mol. The van der Waals surface area contributed by atoms with Gasteiger partial charge in [0, 0.05) is 31.6 Å². The Morgan fingerprint density at radius 3 is 2.91 bits per heavy atom. The standard InChI is InChI=1S/C17H18ClN3O2/c1-20-8-3-4-13(16(20)22)10-12-5-6-14(15(11-12)23-2)21-9-7-19-17(21)18/h5-7,9-11H,3-4,8H2,1-2H3/b13-10+. The summed E-state index contributed by atoms with van der Waals surface area (Å²) in [7, 11) is 3.44. The molecule has 0 N–H and O–H groups in total. The minimum atomic E-state index is 0.0944. The maximum absolute atomic E-state index is 12.2. The Kier molecular flexibility index (Phi) is 4.39. The van der Waals surface area contributed by atoms with Crippen molar-refractivity contribution >= 4 is 23.6 Å². The van der Waals surface area contributed by atoms with Gasteiger partial charge in [-0.25, -0.2) is 4.98 Å². The van der Waals surface area contributed by atoms with Gasteiger partial charge in [0.25, 0.3) is 0 Å². The normalized spacial score (nSPS) is 16.9. The zero-order valence-corrected chi connectivity index (χ0v) is 13.9. The van der Waals surface area contributed by atoms with Crippen molar-refractivity contribution in [1.29, 1.82) is 0 Å². The van der Waals surface area contributed by atoms with Gasteiger partial charge in [0.15, 0.2) is 0 Å². The second-order valence-corrected chi connectivity index (χ2v) is 5.84. The molecule has 5 nitrogen and oxygen atoms in total. The van der Waals surface area contributed by atoms with Gasteiger partial charge in [-0.1, -0.05) is 6.07 Å². The molecule has 23 heavy (non-hydrogen) atoms. The number of nitrogens with zero attached hydrogens (tertiary/aromatic N) is 3. The number of benzene rings is 1. The second kappa shape index (κ2) is 6.46. The molecule has 0 spiro atoms. The van der Waals surface area contributed by atoms with Crippen LogP contribution in [0.1, 0.15) is 18.4 Å². The van der Waals surface area contributed by atoms with E-state index in [0.717, 1.165) is 36.2 Å². The lowest BCUT2D eigenvalue weighted by molar-refractivity contribution is -0.127. The Morgan fingerprint density at radius 2 is 2.22 bits per heavy atom. The zero-order chi connectivity index (χ0) is 16.4. The predicted octanol–water partition coefficient (Wildman–Crippen LogP) is 3.17. The van der Waals surface area contributed by atoms with E-state index in [9.17, 15) is 4.79 Å². The SMILES string of the molecule is COc1cc(/C=C2\CCCN(C)C2=O)ccc1-n1ccnc1Cl. The first kappa shape index (κ1) is 15.6. The molecule has 120 valence electrons. The third-order valence-electron chi connectivity index (χ3n) is 3.96. The number of carbonyl (C=O) groups is 1. The number of likely N-dealkylation sites (tertiary alicyclic amines) is 1. The van der Waals surface area contributed by atoms with E-state index in [0.29, 0.717) is 11.0 Å². The number of ether oxygens (including phenoxy) is 1. The number of aromatic nitrogens is 2. The second-order valence-electron chi connectivity index (χ2n) is 5.50. The van der Waals surface area contributed by atoms with E-state index in [2.05, 4.69) is 4.98 Å². The van der Waals surface area contributed by atoms with Crippen LogP contribution in [0, 0.1) is 0 Å². The number of piperidine rings is 1. The van der Waals surface area contributed by atoms with Crippen LogP contribution in [0.3, 0.4) is 0 Å². The fourth-order valence-corrected chi connectivity index (χ4v) is 2.95. The van der Waals surface area contributed by atoms with E-state index in [-0.39, 0.29) is 5.91 Å². The molecule has 1 aliphatic rings. The number of hydrogen-bond donors (Lipinski definition) is 0. The molecule has 0 bridgehead atoms. The summed E-state index contributed by atoms with van der Waals surface area (Å²) in [6.07, 6.45) is 7.14. The molecule has 0 atom stereocenters. The first-order chi connectivity index (χ1) is 11.1. The first-order valence-electron chi connectivity index (χ1n) is 7.43. The Morgan fingerprint density at radius 1 is 1.39 bits per heavy atom. The average molecular weight is 332 g/mol. The van der Waals surface area contributed by atoms with E-state index >= 15 is 0 Å². The molecule has 1 fully saturated rings. The average Bonchev–Trinajstić information content (AvgIpc) is 2.97. The van der Waals surface area contributed by atoms with Gasteiger partial charge >= 0.3 is 0 Å². The third-order valence-corrected chi connectivity index (χ3v) is 4.24. The molecule has 1 amide bonds. The van der Waals surface area contributed by atoms with Gasteiger partial charge in [-0.15, -0.1) is 0 Å². The lowest BCUT2D eigenvalue weighted by Gasteiger charge is -2.24. The number of methoxy groups -OCH3 is 1. The van der Waals surface area contributed by atoms with Gasteiger partial charge in [0.1, 0.15) is 5.75 Å². The molecule has 6 heteroatoms. The first-order valence-corrected chi connectivity index (χ1v) is 7.81. The number of likely N-dealkylation sites (N-methyl/N-ethyl adjacent to an activating group) is 1. The molecule has 0 radical (unpaired) electrons. The minimum Gasteiger partial charge on any atom is -0.495 e. The van der Waals surface area contributed by atoms with Gasteiger partial charge in [-0.3, -0.25) is 9.36 Å². The highest BCUT2D eigenvalue weighted by molar-refractivity contribution is 6.28. The van der Waals surface area contributed by atoms with E-state index in [4.69, 9.17) is 16.3 Å². The molecule has 1 aromatic heterocycles. The lowest BCUT2D eigenvalue weighted by atomic mass is 10.0. The largest absolute Gasteiger partial charge is 0.495 e. The molecule has 0 unspecified atom stereocenters. The van der Waals surface area contributed by atoms with Crippen LogP contribution in [-0.4, -0.2) is 41.1 Å². The minimum absolute atomic E-state index is 0.0944. The van der Waals surface area contributed by atoms with E-state index in [1.54, 1.807) is 29.0 Å². The van der Waals surface area contributed by atoms with Crippen LogP contribution in [-0.2, 0) is 4.79 Å². The summed E-state index contributed by atoms with van der Waals surface area (Å²) >= 11 is 6.07. The Bertz CT molecular complexity index is 767. The summed E-state index contributed by atoms with van der Waals surface area (Å²) in [6.45, 7) is 0.817. The van der Waals surface area contributed by atoms with Crippen LogP contribution in [0.5, 0.6) is 5.75 Å². The maximum atomic E-state index is 12.2. The molecule has 2 heterocycles. The molecule has 1 saturated heterocycles. The number of carbonyl (C=O) groups excluding carboxylic acids is 1. The third kappa shape index (κ3) is 3.10. The number of hydrogen-bond acceptors (Lipinski definition) is 3. The summed E-state index contributed by atoms with van der Waals surface area (Å²) in [6, 6.07) is 5.76. The Hall–Kier alpha value is -2.27. The zero-order valence-electron chi connectivity index (χ0n) is 13.1. The Balaban J connectivity index is 1.96. The van der Waals surface area contributed by atoms with Crippen molar-refractivity contribution in [2.45, 2.75) is 12.8 Å². The predicted molar refractivity (Wildman–Crippen MR) is 90.0 cm³/mol. The van der Waals surface area contributed by atoms with Gasteiger partial charge in [0.2, 0.25) is 11.2 Å². The highest BCUT2D eigenvalue weighted by Crippen LogP contribution is 2.28. The van der Waals surface area contributed by atoms with Crippen molar-refractivity contribution in [1.82, 2.24) is 14.5 Å². The number of imidazole rings is 1. The van der Waals surface area contributed by atoms with Gasteiger partial charge in [0.05, 0.1) is 12.8 Å². The fourth-order valence-electron chi connectivity index (χ4n) is 2.74. The maximum Gasteiger partial charge on any atom is 0.249 e. The van der Waals surface area contributed by atoms with Gasteiger partial charge < -0.3 is 9.64 Å². The number of rotatable bonds is 3. The van der Waals surface area contributed by atoms with Crippen molar-refractivity contribution in [3.05, 3.63) is 47.0 Å². The van der Waals surface area contributed by atoms with Crippen LogP contribution in [0.25, 0.3) is 11.8 Å². The quantitative estimate of drug-likeness (QED) is 0.812. The number of halogens is 1. The Labute approximate surface area is 140 Å². The van der Waals surface area contributed by atoms with Crippen molar-refractivity contribution in [3.63, 3.8) is 0 Å². The van der Waals surface area contributed by atoms with Crippen LogP contribution in [0.2, 0.25) is 5.28 Å². The molecular formula is C17H18ClN3O2. The van der Waals surface area contributed by atoms with Crippen molar-refractivity contribution < 1.29 is 9.53 Å². The van der Waals surface area contributed by atoms with E-state index in [1.807, 2.05) is 31.3 Å². The van der Waals surface area contributed by atoms with Crippen molar-refractivity contribution in [2.24, 2.45) is 0 Å². The number of amides is 1. The molecule has 3 rings (SSSR count).